The third-order valence-electron chi connectivity index (χ3n) is 1.95. The van der Waals surface area contributed by atoms with Crippen LogP contribution in [0.1, 0.15) is 11.1 Å². The van der Waals surface area contributed by atoms with Crippen molar-refractivity contribution in [1.82, 2.24) is 0 Å². The van der Waals surface area contributed by atoms with E-state index in [-0.39, 0.29) is 0 Å². The molecular formula is C9H10O2. The summed E-state index contributed by atoms with van der Waals surface area (Å²) in [5, 5.41) is 9.22. The van der Waals surface area contributed by atoms with Crippen molar-refractivity contribution >= 4 is 0 Å². The van der Waals surface area contributed by atoms with Crippen LogP contribution in [0.5, 0.6) is 11.5 Å². The van der Waals surface area contributed by atoms with Gasteiger partial charge in [-0.1, -0.05) is 0 Å². The molecule has 1 N–H and O–H groups in total. The van der Waals surface area contributed by atoms with Crippen molar-refractivity contribution in [1.29, 1.82) is 0 Å². The summed E-state index contributed by atoms with van der Waals surface area (Å²) in [4.78, 5) is 0. The van der Waals surface area contributed by atoms with E-state index in [0.717, 1.165) is 29.9 Å². The molecule has 58 valence electrons. The molecule has 0 radical (unpaired) electrons. The monoisotopic (exact) mass is 150 g/mol. The minimum atomic E-state index is 0.340. The molecule has 1 heterocycles. The summed E-state index contributed by atoms with van der Waals surface area (Å²) in [5.74, 6) is 1.30. The first kappa shape index (κ1) is 6.53. The fourth-order valence-electron chi connectivity index (χ4n) is 1.48. The van der Waals surface area contributed by atoms with Crippen LogP contribution in [0.4, 0.5) is 0 Å². The van der Waals surface area contributed by atoms with E-state index in [0.29, 0.717) is 5.75 Å². The Morgan fingerprint density at radius 3 is 3.09 bits per heavy atom. The summed E-state index contributed by atoms with van der Waals surface area (Å²) in [7, 11) is 0. The molecule has 1 aliphatic rings. The number of hydrogen-bond acceptors (Lipinski definition) is 2. The Morgan fingerprint density at radius 1 is 1.45 bits per heavy atom. The zero-order valence-corrected chi connectivity index (χ0v) is 6.42. The Balaban J connectivity index is 2.60. The van der Waals surface area contributed by atoms with E-state index in [2.05, 4.69) is 0 Å². The number of fused-ring (bicyclic) bond motifs is 1. The lowest BCUT2D eigenvalue weighted by Gasteiger charge is -2.03. The van der Waals surface area contributed by atoms with Crippen LogP contribution in [0.3, 0.4) is 0 Å². The molecule has 0 aromatic heterocycles. The minimum absolute atomic E-state index is 0.340. The number of phenols is 1. The fraction of sp³-hybridized carbons (Fsp3) is 0.333. The lowest BCUT2D eigenvalue weighted by molar-refractivity contribution is 0.354. The molecule has 11 heavy (non-hydrogen) atoms. The predicted molar refractivity (Wildman–Crippen MR) is 42.0 cm³/mol. The summed E-state index contributed by atoms with van der Waals surface area (Å²) in [6.45, 7) is 2.70. The van der Waals surface area contributed by atoms with Gasteiger partial charge in [0.05, 0.1) is 6.61 Å². The average molecular weight is 150 g/mol. The molecule has 0 amide bonds. The third-order valence-corrected chi connectivity index (χ3v) is 1.95. The van der Waals surface area contributed by atoms with Crippen LogP contribution in [0, 0.1) is 6.92 Å². The van der Waals surface area contributed by atoms with Crippen molar-refractivity contribution < 1.29 is 9.84 Å². The Morgan fingerprint density at radius 2 is 2.27 bits per heavy atom. The quantitative estimate of drug-likeness (QED) is 0.609. The molecule has 1 aromatic carbocycles. The summed E-state index contributed by atoms with van der Waals surface area (Å²) < 4.78 is 5.37. The first-order chi connectivity index (χ1) is 5.27. The van der Waals surface area contributed by atoms with E-state index in [4.69, 9.17) is 4.74 Å². The van der Waals surface area contributed by atoms with E-state index in [9.17, 15) is 5.11 Å². The van der Waals surface area contributed by atoms with Crippen LogP contribution in [0.25, 0.3) is 0 Å². The second-order valence-electron chi connectivity index (χ2n) is 2.85. The van der Waals surface area contributed by atoms with Gasteiger partial charge in [0, 0.05) is 12.0 Å². The van der Waals surface area contributed by atoms with Gasteiger partial charge >= 0.3 is 0 Å². The highest BCUT2D eigenvalue weighted by Crippen LogP contribution is 2.32. The Bertz CT molecular complexity index is 292. The van der Waals surface area contributed by atoms with Gasteiger partial charge in [0.2, 0.25) is 0 Å². The van der Waals surface area contributed by atoms with Crippen LogP contribution < -0.4 is 4.74 Å². The molecule has 0 fully saturated rings. The summed E-state index contributed by atoms with van der Waals surface area (Å²) in [6, 6.07) is 3.50. The normalized spacial score (nSPS) is 14.3. The number of ether oxygens (including phenoxy) is 1. The fourth-order valence-corrected chi connectivity index (χ4v) is 1.48. The van der Waals surface area contributed by atoms with Gasteiger partial charge in [-0.2, -0.15) is 0 Å². The molecule has 0 unspecified atom stereocenters. The Hall–Kier alpha value is -1.18. The van der Waals surface area contributed by atoms with Gasteiger partial charge in [0.25, 0.3) is 0 Å². The van der Waals surface area contributed by atoms with Gasteiger partial charge in [-0.05, 0) is 24.6 Å². The predicted octanol–water partition coefficient (Wildman–Crippen LogP) is 1.64. The summed E-state index contributed by atoms with van der Waals surface area (Å²) in [5.41, 5.74) is 2.15. The molecule has 0 saturated carbocycles. The van der Waals surface area contributed by atoms with Gasteiger partial charge in [-0.25, -0.2) is 0 Å². The Labute approximate surface area is 65.4 Å². The molecule has 0 atom stereocenters. The molecule has 0 spiro atoms. The summed E-state index contributed by atoms with van der Waals surface area (Å²) in [6.07, 6.45) is 0.921. The highest BCUT2D eigenvalue weighted by molar-refractivity contribution is 5.47. The van der Waals surface area contributed by atoms with Crippen molar-refractivity contribution in [3.63, 3.8) is 0 Å². The van der Waals surface area contributed by atoms with E-state index in [1.807, 2.05) is 6.92 Å². The van der Waals surface area contributed by atoms with Gasteiger partial charge in [-0.15, -0.1) is 0 Å². The van der Waals surface area contributed by atoms with Crippen LogP contribution in [-0.2, 0) is 6.42 Å². The van der Waals surface area contributed by atoms with Gasteiger partial charge in [0.15, 0.2) is 0 Å². The first-order valence-electron chi connectivity index (χ1n) is 3.72. The topological polar surface area (TPSA) is 29.5 Å². The standard InChI is InChI=1S/C9H10O2/c1-6-4-8(10)5-7-2-3-11-9(6)7/h4-5,10H,2-3H2,1H3. The van der Waals surface area contributed by atoms with Crippen molar-refractivity contribution in [2.24, 2.45) is 0 Å². The van der Waals surface area contributed by atoms with E-state index in [1.54, 1.807) is 12.1 Å². The molecule has 2 rings (SSSR count). The van der Waals surface area contributed by atoms with E-state index in [1.165, 1.54) is 0 Å². The molecular weight excluding hydrogens is 140 g/mol. The number of aromatic hydroxyl groups is 1. The zero-order valence-electron chi connectivity index (χ0n) is 6.42. The smallest absolute Gasteiger partial charge is 0.125 e. The maximum absolute atomic E-state index is 9.22. The summed E-state index contributed by atoms with van der Waals surface area (Å²) >= 11 is 0. The minimum Gasteiger partial charge on any atom is -0.508 e. The number of rotatable bonds is 0. The molecule has 1 aromatic rings. The van der Waals surface area contributed by atoms with Crippen molar-refractivity contribution in [3.8, 4) is 11.5 Å². The lowest BCUT2D eigenvalue weighted by Crippen LogP contribution is -1.87. The second-order valence-corrected chi connectivity index (χ2v) is 2.85. The molecule has 2 heteroatoms. The molecule has 0 saturated heterocycles. The van der Waals surface area contributed by atoms with Crippen LogP contribution in [-0.4, -0.2) is 11.7 Å². The molecule has 2 nitrogen and oxygen atoms in total. The van der Waals surface area contributed by atoms with Crippen LogP contribution in [0.2, 0.25) is 0 Å². The molecule has 0 bridgehead atoms. The zero-order chi connectivity index (χ0) is 7.84. The molecule has 0 aliphatic carbocycles. The lowest BCUT2D eigenvalue weighted by atomic mass is 10.1. The third kappa shape index (κ3) is 0.946. The number of aryl methyl sites for hydroxylation is 1. The van der Waals surface area contributed by atoms with E-state index < -0.39 is 0 Å². The number of benzene rings is 1. The van der Waals surface area contributed by atoms with Crippen molar-refractivity contribution in [2.45, 2.75) is 13.3 Å². The first-order valence-corrected chi connectivity index (χ1v) is 3.72. The maximum atomic E-state index is 9.22. The second kappa shape index (κ2) is 2.16. The highest BCUT2D eigenvalue weighted by Gasteiger charge is 2.14. The number of hydrogen-bond donors (Lipinski definition) is 1. The SMILES string of the molecule is Cc1cc(O)cc2c1OCC2. The number of phenolic OH excluding ortho intramolecular Hbond substituents is 1. The van der Waals surface area contributed by atoms with Gasteiger partial charge in [-0.3, -0.25) is 0 Å². The van der Waals surface area contributed by atoms with Crippen molar-refractivity contribution in [3.05, 3.63) is 23.3 Å². The maximum Gasteiger partial charge on any atom is 0.125 e. The van der Waals surface area contributed by atoms with Crippen LogP contribution in [0.15, 0.2) is 12.1 Å². The Kier molecular flexibility index (Phi) is 1.28. The van der Waals surface area contributed by atoms with E-state index >= 15 is 0 Å². The van der Waals surface area contributed by atoms with Gasteiger partial charge < -0.3 is 9.84 Å². The van der Waals surface area contributed by atoms with Gasteiger partial charge in [0.1, 0.15) is 11.5 Å². The largest absolute Gasteiger partial charge is 0.508 e. The average Bonchev–Trinajstić information content (AvgIpc) is 2.34. The van der Waals surface area contributed by atoms with Crippen molar-refractivity contribution in [2.75, 3.05) is 6.61 Å². The van der Waals surface area contributed by atoms with Crippen LogP contribution >= 0.6 is 0 Å². The molecule has 1 aliphatic heterocycles. The highest BCUT2D eigenvalue weighted by atomic mass is 16.5.